The number of rotatable bonds is 5. The first-order valence-corrected chi connectivity index (χ1v) is 10.5. The molecule has 4 rings (SSSR count). The summed E-state index contributed by atoms with van der Waals surface area (Å²) in [5.74, 6) is 1.88. The van der Waals surface area contributed by atoms with E-state index in [1.807, 2.05) is 24.4 Å². The summed E-state index contributed by atoms with van der Waals surface area (Å²) >= 11 is 6.36. The molecule has 2 aliphatic rings. The Bertz CT molecular complexity index is 715. The molecule has 4 nitrogen and oxygen atoms in total. The van der Waals surface area contributed by atoms with Crippen LogP contribution in [0.15, 0.2) is 48.7 Å². The molecule has 144 valence electrons. The van der Waals surface area contributed by atoms with Gasteiger partial charge in [0.1, 0.15) is 5.82 Å². The minimum Gasteiger partial charge on any atom is -0.354 e. The molecule has 2 fully saturated rings. The second-order valence-corrected chi connectivity index (χ2v) is 8.22. The van der Waals surface area contributed by atoms with Gasteiger partial charge in [-0.15, -0.1) is 0 Å². The summed E-state index contributed by atoms with van der Waals surface area (Å²) in [6.07, 6.45) is 4.53. The van der Waals surface area contributed by atoms with E-state index in [9.17, 15) is 0 Å². The Morgan fingerprint density at radius 2 is 1.74 bits per heavy atom. The Kier molecular flexibility index (Phi) is 6.28. The van der Waals surface area contributed by atoms with Crippen LogP contribution < -0.4 is 4.90 Å². The molecule has 0 N–H and O–H groups in total. The number of anilines is 1. The van der Waals surface area contributed by atoms with Gasteiger partial charge < -0.3 is 4.90 Å². The van der Waals surface area contributed by atoms with E-state index in [1.54, 1.807) is 0 Å². The molecular formula is C22H29ClN4. The first-order chi connectivity index (χ1) is 13.3. The van der Waals surface area contributed by atoms with Crippen LogP contribution in [0.5, 0.6) is 0 Å². The Morgan fingerprint density at radius 3 is 2.52 bits per heavy atom. The quantitative estimate of drug-likeness (QED) is 0.782. The first-order valence-electron chi connectivity index (χ1n) is 10.1. The lowest BCUT2D eigenvalue weighted by Crippen LogP contribution is -2.49. The molecule has 3 heterocycles. The van der Waals surface area contributed by atoms with E-state index >= 15 is 0 Å². The monoisotopic (exact) mass is 384 g/mol. The summed E-state index contributed by atoms with van der Waals surface area (Å²) in [6, 6.07) is 14.4. The number of hydrogen-bond donors (Lipinski definition) is 0. The summed E-state index contributed by atoms with van der Waals surface area (Å²) in [4.78, 5) is 12.1. The third-order valence-corrected chi connectivity index (χ3v) is 6.19. The van der Waals surface area contributed by atoms with E-state index < -0.39 is 0 Å². The SMILES string of the molecule is Clc1ccccc1CN1CCC[C@H](CN2CCN(c3ccccn3)CC2)C1. The van der Waals surface area contributed by atoms with Crippen molar-refractivity contribution in [1.29, 1.82) is 0 Å². The van der Waals surface area contributed by atoms with Gasteiger partial charge in [-0.25, -0.2) is 4.98 Å². The number of nitrogens with zero attached hydrogens (tertiary/aromatic N) is 4. The fourth-order valence-corrected chi connectivity index (χ4v) is 4.57. The van der Waals surface area contributed by atoms with Gasteiger partial charge in [-0.05, 0) is 49.1 Å². The summed E-state index contributed by atoms with van der Waals surface area (Å²) in [5.41, 5.74) is 1.25. The number of likely N-dealkylation sites (tertiary alicyclic amines) is 1. The smallest absolute Gasteiger partial charge is 0.128 e. The fourth-order valence-electron chi connectivity index (χ4n) is 4.38. The third-order valence-electron chi connectivity index (χ3n) is 5.82. The minimum absolute atomic E-state index is 0.766. The van der Waals surface area contributed by atoms with E-state index in [0.29, 0.717) is 0 Å². The summed E-state index contributed by atoms with van der Waals surface area (Å²) < 4.78 is 0. The maximum Gasteiger partial charge on any atom is 0.128 e. The molecule has 2 saturated heterocycles. The third kappa shape index (κ3) is 5.01. The average molecular weight is 385 g/mol. The van der Waals surface area contributed by atoms with Crippen molar-refractivity contribution in [2.45, 2.75) is 19.4 Å². The lowest BCUT2D eigenvalue weighted by Gasteiger charge is -2.39. The second kappa shape index (κ2) is 9.05. The summed E-state index contributed by atoms with van der Waals surface area (Å²) in [5, 5.41) is 0.894. The van der Waals surface area contributed by atoms with Crippen LogP contribution in [0.4, 0.5) is 5.82 Å². The van der Waals surface area contributed by atoms with Crippen molar-refractivity contribution in [3.63, 3.8) is 0 Å². The molecule has 2 aromatic rings. The highest BCUT2D eigenvalue weighted by atomic mass is 35.5. The van der Waals surface area contributed by atoms with E-state index in [-0.39, 0.29) is 0 Å². The molecule has 0 spiro atoms. The number of pyridine rings is 1. The maximum absolute atomic E-state index is 6.36. The van der Waals surface area contributed by atoms with Gasteiger partial charge in [0.05, 0.1) is 0 Å². The molecule has 2 aliphatic heterocycles. The van der Waals surface area contributed by atoms with Crippen LogP contribution in [0, 0.1) is 5.92 Å². The highest BCUT2D eigenvalue weighted by Gasteiger charge is 2.25. The Hall–Kier alpha value is -1.62. The number of halogens is 1. The van der Waals surface area contributed by atoms with Crippen molar-refractivity contribution in [3.8, 4) is 0 Å². The van der Waals surface area contributed by atoms with Crippen molar-refractivity contribution in [3.05, 3.63) is 59.2 Å². The number of benzene rings is 1. The van der Waals surface area contributed by atoms with Gasteiger partial charge in [0.2, 0.25) is 0 Å². The van der Waals surface area contributed by atoms with Crippen LogP contribution in [-0.2, 0) is 6.54 Å². The van der Waals surface area contributed by atoms with E-state index in [2.05, 4.69) is 43.9 Å². The molecule has 1 aromatic carbocycles. The molecule has 0 saturated carbocycles. The lowest BCUT2D eigenvalue weighted by molar-refractivity contribution is 0.125. The van der Waals surface area contributed by atoms with Crippen molar-refractivity contribution >= 4 is 17.4 Å². The van der Waals surface area contributed by atoms with Crippen molar-refractivity contribution in [2.24, 2.45) is 5.92 Å². The van der Waals surface area contributed by atoms with Gasteiger partial charge in [0, 0.05) is 57.0 Å². The molecular weight excluding hydrogens is 356 g/mol. The van der Waals surface area contributed by atoms with Crippen molar-refractivity contribution < 1.29 is 0 Å². The standard InChI is InChI=1S/C22H29ClN4/c23-21-8-2-1-7-20(21)18-26-11-5-6-19(17-26)16-25-12-14-27(15-13-25)22-9-3-4-10-24-22/h1-4,7-10,19H,5-6,11-18H2/t19-/m1/s1. The lowest BCUT2D eigenvalue weighted by atomic mass is 9.96. The molecule has 0 bridgehead atoms. The van der Waals surface area contributed by atoms with E-state index in [1.165, 1.54) is 38.0 Å². The number of piperazine rings is 1. The fraction of sp³-hybridized carbons (Fsp3) is 0.500. The molecule has 0 unspecified atom stereocenters. The van der Waals surface area contributed by atoms with Gasteiger partial charge in [-0.3, -0.25) is 9.80 Å². The van der Waals surface area contributed by atoms with Crippen molar-refractivity contribution in [2.75, 3.05) is 50.7 Å². The minimum atomic E-state index is 0.766. The Morgan fingerprint density at radius 1 is 0.926 bits per heavy atom. The van der Waals surface area contributed by atoms with Gasteiger partial charge in [0.15, 0.2) is 0 Å². The van der Waals surface area contributed by atoms with Crippen molar-refractivity contribution in [1.82, 2.24) is 14.8 Å². The molecule has 1 aromatic heterocycles. The number of aromatic nitrogens is 1. The first kappa shape index (κ1) is 18.7. The molecule has 27 heavy (non-hydrogen) atoms. The summed E-state index contributed by atoms with van der Waals surface area (Å²) in [7, 11) is 0. The molecule has 0 aliphatic carbocycles. The number of piperidine rings is 1. The van der Waals surface area contributed by atoms with Crippen LogP contribution >= 0.6 is 11.6 Å². The van der Waals surface area contributed by atoms with Gasteiger partial charge >= 0.3 is 0 Å². The topological polar surface area (TPSA) is 22.6 Å². The Labute approximate surface area is 167 Å². The second-order valence-electron chi connectivity index (χ2n) is 7.81. The van der Waals surface area contributed by atoms with Crippen LogP contribution in [-0.4, -0.2) is 60.6 Å². The van der Waals surface area contributed by atoms with E-state index in [4.69, 9.17) is 11.6 Å². The van der Waals surface area contributed by atoms with Gasteiger partial charge in [0.25, 0.3) is 0 Å². The maximum atomic E-state index is 6.36. The predicted octanol–water partition coefficient (Wildman–Crippen LogP) is 3.77. The van der Waals surface area contributed by atoms with Gasteiger partial charge in [-0.2, -0.15) is 0 Å². The largest absolute Gasteiger partial charge is 0.354 e. The highest BCUT2D eigenvalue weighted by molar-refractivity contribution is 6.31. The molecule has 0 amide bonds. The van der Waals surface area contributed by atoms with Crippen LogP contribution in [0.2, 0.25) is 5.02 Å². The zero-order chi connectivity index (χ0) is 18.5. The van der Waals surface area contributed by atoms with Crippen LogP contribution in [0.1, 0.15) is 18.4 Å². The summed E-state index contributed by atoms with van der Waals surface area (Å²) in [6.45, 7) is 8.99. The zero-order valence-corrected chi connectivity index (χ0v) is 16.7. The van der Waals surface area contributed by atoms with Crippen LogP contribution in [0.25, 0.3) is 0 Å². The zero-order valence-electron chi connectivity index (χ0n) is 15.9. The van der Waals surface area contributed by atoms with E-state index in [0.717, 1.165) is 49.5 Å². The molecule has 1 atom stereocenters. The normalized spacial score (nSPS) is 22.1. The molecule has 5 heteroatoms. The molecule has 0 radical (unpaired) electrons. The number of hydrogen-bond acceptors (Lipinski definition) is 4. The van der Waals surface area contributed by atoms with Crippen LogP contribution in [0.3, 0.4) is 0 Å². The highest BCUT2D eigenvalue weighted by Crippen LogP contribution is 2.23. The van der Waals surface area contributed by atoms with Gasteiger partial charge in [-0.1, -0.05) is 35.9 Å². The predicted molar refractivity (Wildman–Crippen MR) is 112 cm³/mol. The Balaban J connectivity index is 1.26. The average Bonchev–Trinajstić information content (AvgIpc) is 2.71.